The normalized spacial score (nSPS) is 21.6. The Morgan fingerprint density at radius 3 is 2.72 bits per heavy atom. The van der Waals surface area contributed by atoms with Gasteiger partial charge in [0.05, 0.1) is 18.8 Å². The SMILES string of the molecule is C[C@@H](c1ccccc1)N1C(=O)C2=C(CCCC2)[C@@H]1NCc1ccco1. The molecule has 130 valence electrons. The summed E-state index contributed by atoms with van der Waals surface area (Å²) in [5.74, 6) is 1.09. The lowest BCUT2D eigenvalue weighted by molar-refractivity contribution is -0.130. The van der Waals surface area contributed by atoms with E-state index in [2.05, 4.69) is 24.4 Å². The second-order valence-corrected chi connectivity index (χ2v) is 6.87. The van der Waals surface area contributed by atoms with Gasteiger partial charge < -0.3 is 9.32 Å². The van der Waals surface area contributed by atoms with E-state index in [1.807, 2.05) is 35.2 Å². The van der Waals surface area contributed by atoms with Gasteiger partial charge in [0, 0.05) is 5.57 Å². The molecule has 1 aliphatic carbocycles. The van der Waals surface area contributed by atoms with Crippen LogP contribution in [0.25, 0.3) is 0 Å². The van der Waals surface area contributed by atoms with Crippen LogP contribution in [-0.2, 0) is 11.3 Å². The fraction of sp³-hybridized carbons (Fsp3) is 0.381. The summed E-state index contributed by atoms with van der Waals surface area (Å²) in [6.07, 6.45) is 5.84. The smallest absolute Gasteiger partial charge is 0.251 e. The van der Waals surface area contributed by atoms with E-state index < -0.39 is 0 Å². The van der Waals surface area contributed by atoms with Crippen molar-refractivity contribution in [3.63, 3.8) is 0 Å². The highest BCUT2D eigenvalue weighted by Gasteiger charge is 2.41. The molecule has 25 heavy (non-hydrogen) atoms. The third-order valence-electron chi connectivity index (χ3n) is 5.36. The third kappa shape index (κ3) is 3.02. The van der Waals surface area contributed by atoms with E-state index in [0.29, 0.717) is 6.54 Å². The fourth-order valence-electron chi connectivity index (χ4n) is 4.04. The largest absolute Gasteiger partial charge is 0.468 e. The van der Waals surface area contributed by atoms with E-state index in [9.17, 15) is 4.79 Å². The summed E-state index contributed by atoms with van der Waals surface area (Å²) < 4.78 is 5.45. The van der Waals surface area contributed by atoms with Gasteiger partial charge in [-0.2, -0.15) is 0 Å². The summed E-state index contributed by atoms with van der Waals surface area (Å²) in [6.45, 7) is 2.74. The maximum Gasteiger partial charge on any atom is 0.251 e. The van der Waals surface area contributed by atoms with Gasteiger partial charge in [-0.25, -0.2) is 0 Å². The zero-order valence-corrected chi connectivity index (χ0v) is 14.6. The van der Waals surface area contributed by atoms with E-state index >= 15 is 0 Å². The van der Waals surface area contributed by atoms with Crippen molar-refractivity contribution in [2.24, 2.45) is 0 Å². The molecule has 2 heterocycles. The van der Waals surface area contributed by atoms with Crippen LogP contribution in [0, 0.1) is 0 Å². The van der Waals surface area contributed by atoms with Crippen molar-refractivity contribution in [1.29, 1.82) is 0 Å². The van der Waals surface area contributed by atoms with Crippen molar-refractivity contribution < 1.29 is 9.21 Å². The van der Waals surface area contributed by atoms with Crippen molar-refractivity contribution >= 4 is 5.91 Å². The van der Waals surface area contributed by atoms with Crippen LogP contribution in [0.5, 0.6) is 0 Å². The first-order valence-electron chi connectivity index (χ1n) is 9.11. The molecule has 4 heteroatoms. The highest BCUT2D eigenvalue weighted by atomic mass is 16.3. The number of amides is 1. The molecule has 0 saturated carbocycles. The average Bonchev–Trinajstić information content (AvgIpc) is 3.27. The Bertz CT molecular complexity index is 764. The lowest BCUT2D eigenvalue weighted by atomic mass is 9.92. The Labute approximate surface area is 148 Å². The highest BCUT2D eigenvalue weighted by molar-refractivity contribution is 5.98. The Hall–Kier alpha value is -2.33. The molecule has 1 aliphatic heterocycles. The lowest BCUT2D eigenvalue weighted by Crippen LogP contribution is -2.46. The quantitative estimate of drug-likeness (QED) is 0.891. The number of hydrogen-bond donors (Lipinski definition) is 1. The van der Waals surface area contributed by atoms with Crippen molar-refractivity contribution in [3.8, 4) is 0 Å². The monoisotopic (exact) mass is 336 g/mol. The Morgan fingerprint density at radius 1 is 1.16 bits per heavy atom. The molecule has 0 spiro atoms. The first-order chi connectivity index (χ1) is 12.3. The molecule has 4 rings (SSSR count). The van der Waals surface area contributed by atoms with Crippen LogP contribution >= 0.6 is 0 Å². The van der Waals surface area contributed by atoms with Crippen LogP contribution in [0.1, 0.15) is 50.0 Å². The Balaban J connectivity index is 1.62. The number of benzene rings is 1. The molecule has 0 saturated heterocycles. The standard InChI is InChI=1S/C21H24N2O2/c1-15(16-8-3-2-4-9-16)23-20(22-14-17-10-7-13-25-17)18-11-5-6-12-19(18)21(23)24/h2-4,7-10,13,15,20,22H,5-6,11-12,14H2,1H3/t15-,20+/m0/s1. The van der Waals surface area contributed by atoms with Crippen LogP contribution in [0.3, 0.4) is 0 Å². The van der Waals surface area contributed by atoms with Gasteiger partial charge in [-0.1, -0.05) is 30.3 Å². The second-order valence-electron chi connectivity index (χ2n) is 6.87. The van der Waals surface area contributed by atoms with Gasteiger partial charge in [-0.15, -0.1) is 0 Å². The predicted molar refractivity (Wildman–Crippen MR) is 96.5 cm³/mol. The van der Waals surface area contributed by atoms with Gasteiger partial charge in [-0.05, 0) is 55.9 Å². The van der Waals surface area contributed by atoms with Gasteiger partial charge in [0.1, 0.15) is 11.9 Å². The van der Waals surface area contributed by atoms with Crippen LogP contribution in [0.4, 0.5) is 0 Å². The van der Waals surface area contributed by atoms with Crippen molar-refractivity contribution in [2.45, 2.75) is 51.4 Å². The highest BCUT2D eigenvalue weighted by Crippen LogP contribution is 2.39. The summed E-state index contributed by atoms with van der Waals surface area (Å²) in [7, 11) is 0. The van der Waals surface area contributed by atoms with Crippen LogP contribution in [0.2, 0.25) is 0 Å². The molecule has 4 nitrogen and oxygen atoms in total. The van der Waals surface area contributed by atoms with Gasteiger partial charge in [0.2, 0.25) is 0 Å². The van der Waals surface area contributed by atoms with E-state index in [0.717, 1.165) is 30.6 Å². The van der Waals surface area contributed by atoms with E-state index in [1.165, 1.54) is 17.6 Å². The Kier molecular flexibility index (Phi) is 4.45. The van der Waals surface area contributed by atoms with Gasteiger partial charge in [-0.3, -0.25) is 10.1 Å². The molecular weight excluding hydrogens is 312 g/mol. The molecule has 0 fully saturated rings. The topological polar surface area (TPSA) is 45.5 Å². The first kappa shape index (κ1) is 16.2. The minimum absolute atomic E-state index is 0.0356. The molecule has 2 aliphatic rings. The number of hydrogen-bond acceptors (Lipinski definition) is 3. The number of nitrogens with zero attached hydrogens (tertiary/aromatic N) is 1. The zero-order chi connectivity index (χ0) is 17.2. The van der Waals surface area contributed by atoms with Crippen molar-refractivity contribution in [1.82, 2.24) is 10.2 Å². The van der Waals surface area contributed by atoms with Crippen LogP contribution in [-0.4, -0.2) is 17.0 Å². The molecule has 1 N–H and O–H groups in total. The number of nitrogens with one attached hydrogen (secondary N) is 1. The van der Waals surface area contributed by atoms with E-state index in [-0.39, 0.29) is 18.1 Å². The fourth-order valence-corrected chi connectivity index (χ4v) is 4.04. The van der Waals surface area contributed by atoms with E-state index in [1.54, 1.807) is 6.26 Å². The van der Waals surface area contributed by atoms with E-state index in [4.69, 9.17) is 4.42 Å². The van der Waals surface area contributed by atoms with Crippen LogP contribution < -0.4 is 5.32 Å². The average molecular weight is 336 g/mol. The number of carbonyl (C=O) groups excluding carboxylic acids is 1. The number of furan rings is 1. The van der Waals surface area contributed by atoms with Gasteiger partial charge in [0.15, 0.2) is 0 Å². The minimum atomic E-state index is -0.0388. The molecule has 0 unspecified atom stereocenters. The molecule has 2 aromatic rings. The molecule has 2 atom stereocenters. The van der Waals surface area contributed by atoms with Crippen molar-refractivity contribution in [3.05, 3.63) is 71.2 Å². The maximum absolute atomic E-state index is 13.1. The number of carbonyl (C=O) groups is 1. The summed E-state index contributed by atoms with van der Waals surface area (Å²) >= 11 is 0. The van der Waals surface area contributed by atoms with Crippen LogP contribution in [0.15, 0.2) is 64.3 Å². The number of rotatable bonds is 5. The second kappa shape index (κ2) is 6.89. The summed E-state index contributed by atoms with van der Waals surface area (Å²) in [5, 5.41) is 3.57. The lowest BCUT2D eigenvalue weighted by Gasteiger charge is -2.33. The molecule has 0 radical (unpaired) electrons. The summed E-state index contributed by atoms with van der Waals surface area (Å²) in [5.41, 5.74) is 3.48. The molecular formula is C21H24N2O2. The Morgan fingerprint density at radius 2 is 1.96 bits per heavy atom. The van der Waals surface area contributed by atoms with Gasteiger partial charge in [0.25, 0.3) is 5.91 Å². The summed E-state index contributed by atoms with van der Waals surface area (Å²) in [4.78, 5) is 15.2. The molecule has 1 amide bonds. The first-order valence-corrected chi connectivity index (χ1v) is 9.11. The zero-order valence-electron chi connectivity index (χ0n) is 14.6. The van der Waals surface area contributed by atoms with Crippen molar-refractivity contribution in [2.75, 3.05) is 0 Å². The molecule has 0 bridgehead atoms. The molecule has 1 aromatic heterocycles. The maximum atomic E-state index is 13.1. The predicted octanol–water partition coefficient (Wildman–Crippen LogP) is 4.17. The minimum Gasteiger partial charge on any atom is -0.468 e. The third-order valence-corrected chi connectivity index (χ3v) is 5.36. The van der Waals surface area contributed by atoms with Gasteiger partial charge >= 0.3 is 0 Å². The molecule has 1 aromatic carbocycles. The summed E-state index contributed by atoms with van der Waals surface area (Å²) in [6, 6.07) is 14.2.